The van der Waals surface area contributed by atoms with Gasteiger partial charge in [-0.1, -0.05) is 34.1 Å². The molecule has 2 nitrogen and oxygen atoms in total. The van der Waals surface area contributed by atoms with Crippen molar-refractivity contribution in [2.75, 3.05) is 13.1 Å². The van der Waals surface area contributed by atoms with E-state index in [1.165, 1.54) is 18.4 Å². The van der Waals surface area contributed by atoms with Crippen molar-refractivity contribution >= 4 is 15.9 Å². The van der Waals surface area contributed by atoms with Gasteiger partial charge < -0.3 is 10.1 Å². The van der Waals surface area contributed by atoms with Gasteiger partial charge in [0.05, 0.1) is 12.7 Å². The normalized spacial score (nSPS) is 21.5. The van der Waals surface area contributed by atoms with Crippen LogP contribution in [0.3, 0.4) is 0 Å². The fraction of sp³-hybridized carbons (Fsp3) is 0.500. The van der Waals surface area contributed by atoms with Crippen LogP contribution in [-0.4, -0.2) is 19.2 Å². The Balaban J connectivity index is 1.84. The van der Waals surface area contributed by atoms with Gasteiger partial charge in [0.2, 0.25) is 0 Å². The Hall–Kier alpha value is -0.380. The topological polar surface area (TPSA) is 21.3 Å². The molecule has 0 saturated carbocycles. The smallest absolute Gasteiger partial charge is 0.0732 e. The molecule has 1 fully saturated rings. The fourth-order valence-electron chi connectivity index (χ4n) is 1.79. The predicted octanol–water partition coefficient (Wildman–Crippen LogP) is 2.72. The average Bonchev–Trinajstić information content (AvgIpc) is 2.29. The maximum atomic E-state index is 5.86. The maximum Gasteiger partial charge on any atom is 0.0732 e. The molecule has 1 N–H and O–H groups in total. The Morgan fingerprint density at radius 3 is 3.00 bits per heavy atom. The van der Waals surface area contributed by atoms with Crippen molar-refractivity contribution in [3.8, 4) is 0 Å². The van der Waals surface area contributed by atoms with Crippen LogP contribution in [-0.2, 0) is 11.3 Å². The monoisotopic (exact) mass is 269 g/mol. The first kappa shape index (κ1) is 11.1. The Morgan fingerprint density at radius 1 is 1.40 bits per heavy atom. The highest BCUT2D eigenvalue weighted by molar-refractivity contribution is 9.10. The number of ether oxygens (including phenoxy) is 1. The van der Waals surface area contributed by atoms with Gasteiger partial charge in [0.1, 0.15) is 0 Å². The summed E-state index contributed by atoms with van der Waals surface area (Å²) in [6.07, 6.45) is 2.78. The highest BCUT2D eigenvalue weighted by Crippen LogP contribution is 2.18. The summed E-state index contributed by atoms with van der Waals surface area (Å²) in [5.41, 5.74) is 1.23. The summed E-state index contributed by atoms with van der Waals surface area (Å²) in [4.78, 5) is 0. The van der Waals surface area contributed by atoms with Crippen LogP contribution in [0.15, 0.2) is 28.7 Å². The minimum Gasteiger partial charge on any atom is -0.372 e. The lowest BCUT2D eigenvalue weighted by atomic mass is 10.1. The van der Waals surface area contributed by atoms with Crippen LogP contribution in [0.25, 0.3) is 0 Å². The second-order valence-corrected chi connectivity index (χ2v) is 4.73. The number of piperidine rings is 1. The quantitative estimate of drug-likeness (QED) is 0.911. The van der Waals surface area contributed by atoms with Gasteiger partial charge in [-0.15, -0.1) is 0 Å². The van der Waals surface area contributed by atoms with Crippen LogP contribution in [0.4, 0.5) is 0 Å². The number of hydrogen-bond acceptors (Lipinski definition) is 2. The predicted molar refractivity (Wildman–Crippen MR) is 64.8 cm³/mol. The molecule has 1 unspecified atom stereocenters. The summed E-state index contributed by atoms with van der Waals surface area (Å²) in [6, 6.07) is 8.22. The van der Waals surface area contributed by atoms with E-state index in [4.69, 9.17) is 4.74 Å². The number of rotatable bonds is 3. The van der Waals surface area contributed by atoms with E-state index in [0.717, 1.165) is 17.6 Å². The molecular weight excluding hydrogens is 254 g/mol. The molecule has 1 saturated heterocycles. The molecule has 82 valence electrons. The molecule has 1 aliphatic heterocycles. The lowest BCUT2D eigenvalue weighted by Crippen LogP contribution is -2.35. The average molecular weight is 270 g/mol. The van der Waals surface area contributed by atoms with Crippen LogP contribution in [0, 0.1) is 0 Å². The van der Waals surface area contributed by atoms with Gasteiger partial charge in [-0.05, 0) is 31.0 Å². The Labute approximate surface area is 99.1 Å². The van der Waals surface area contributed by atoms with Crippen molar-refractivity contribution in [2.45, 2.75) is 25.6 Å². The zero-order chi connectivity index (χ0) is 10.5. The van der Waals surface area contributed by atoms with Gasteiger partial charge in [-0.3, -0.25) is 0 Å². The van der Waals surface area contributed by atoms with E-state index in [2.05, 4.69) is 33.4 Å². The summed E-state index contributed by atoms with van der Waals surface area (Å²) >= 11 is 3.53. The first-order chi connectivity index (χ1) is 7.36. The van der Waals surface area contributed by atoms with Gasteiger partial charge in [0.15, 0.2) is 0 Å². The van der Waals surface area contributed by atoms with E-state index in [0.29, 0.717) is 12.7 Å². The molecule has 1 heterocycles. The van der Waals surface area contributed by atoms with Gasteiger partial charge in [-0.25, -0.2) is 0 Å². The SMILES string of the molecule is Brc1ccccc1COC1CCCNC1. The third kappa shape index (κ3) is 3.30. The molecule has 3 heteroatoms. The van der Waals surface area contributed by atoms with Gasteiger partial charge >= 0.3 is 0 Å². The molecule has 0 amide bonds. The lowest BCUT2D eigenvalue weighted by Gasteiger charge is -2.23. The van der Waals surface area contributed by atoms with E-state index in [1.54, 1.807) is 0 Å². The van der Waals surface area contributed by atoms with Crippen molar-refractivity contribution < 1.29 is 4.74 Å². The minimum absolute atomic E-state index is 0.380. The molecule has 0 bridgehead atoms. The second kappa shape index (κ2) is 5.64. The molecule has 1 aromatic carbocycles. The highest BCUT2D eigenvalue weighted by atomic mass is 79.9. The molecule has 0 spiro atoms. The van der Waals surface area contributed by atoms with E-state index >= 15 is 0 Å². The molecule has 0 radical (unpaired) electrons. The minimum atomic E-state index is 0.380. The van der Waals surface area contributed by atoms with Crippen LogP contribution in [0.1, 0.15) is 18.4 Å². The third-order valence-electron chi connectivity index (χ3n) is 2.68. The Morgan fingerprint density at radius 2 is 2.27 bits per heavy atom. The summed E-state index contributed by atoms with van der Waals surface area (Å²) in [7, 11) is 0. The van der Waals surface area contributed by atoms with Gasteiger partial charge in [-0.2, -0.15) is 0 Å². The summed E-state index contributed by atoms with van der Waals surface area (Å²) in [5.74, 6) is 0. The molecule has 0 aliphatic carbocycles. The molecule has 1 aliphatic rings. The number of halogens is 1. The third-order valence-corrected chi connectivity index (χ3v) is 3.46. The molecule has 0 aromatic heterocycles. The Bertz CT molecular complexity index is 310. The molecule has 1 atom stereocenters. The van der Waals surface area contributed by atoms with E-state index in [1.807, 2.05) is 12.1 Å². The van der Waals surface area contributed by atoms with E-state index in [9.17, 15) is 0 Å². The number of hydrogen-bond donors (Lipinski definition) is 1. The van der Waals surface area contributed by atoms with E-state index in [-0.39, 0.29) is 0 Å². The zero-order valence-corrected chi connectivity index (χ0v) is 10.3. The van der Waals surface area contributed by atoms with Gasteiger partial charge in [0.25, 0.3) is 0 Å². The Kier molecular flexibility index (Phi) is 4.18. The largest absolute Gasteiger partial charge is 0.372 e. The summed E-state index contributed by atoms with van der Waals surface area (Å²) < 4.78 is 6.99. The molecule has 1 aromatic rings. The van der Waals surface area contributed by atoms with E-state index < -0.39 is 0 Å². The summed E-state index contributed by atoms with van der Waals surface area (Å²) in [5, 5.41) is 3.35. The van der Waals surface area contributed by atoms with Crippen molar-refractivity contribution in [1.29, 1.82) is 0 Å². The van der Waals surface area contributed by atoms with Crippen LogP contribution in [0.5, 0.6) is 0 Å². The van der Waals surface area contributed by atoms with Crippen molar-refractivity contribution in [1.82, 2.24) is 5.32 Å². The van der Waals surface area contributed by atoms with Crippen molar-refractivity contribution in [3.63, 3.8) is 0 Å². The number of benzene rings is 1. The standard InChI is InChI=1S/C12H16BrNO/c13-12-6-2-1-4-10(12)9-15-11-5-3-7-14-8-11/h1-2,4,6,11,14H,3,5,7-9H2. The second-order valence-electron chi connectivity index (χ2n) is 3.87. The number of nitrogens with one attached hydrogen (secondary N) is 1. The molecular formula is C12H16BrNO. The molecule has 15 heavy (non-hydrogen) atoms. The van der Waals surface area contributed by atoms with Crippen LogP contribution >= 0.6 is 15.9 Å². The van der Waals surface area contributed by atoms with Crippen molar-refractivity contribution in [3.05, 3.63) is 34.3 Å². The zero-order valence-electron chi connectivity index (χ0n) is 8.71. The summed E-state index contributed by atoms with van der Waals surface area (Å²) in [6.45, 7) is 2.83. The fourth-order valence-corrected chi connectivity index (χ4v) is 2.18. The maximum absolute atomic E-state index is 5.86. The van der Waals surface area contributed by atoms with Crippen LogP contribution in [0.2, 0.25) is 0 Å². The molecule has 2 rings (SSSR count). The lowest BCUT2D eigenvalue weighted by molar-refractivity contribution is 0.0250. The highest BCUT2D eigenvalue weighted by Gasteiger charge is 2.13. The first-order valence-corrected chi connectivity index (χ1v) is 6.21. The van der Waals surface area contributed by atoms with Gasteiger partial charge in [0, 0.05) is 11.0 Å². The van der Waals surface area contributed by atoms with Crippen molar-refractivity contribution in [2.24, 2.45) is 0 Å². The first-order valence-electron chi connectivity index (χ1n) is 5.42. The van der Waals surface area contributed by atoms with Crippen LogP contribution < -0.4 is 5.32 Å².